The number of thioether (sulfide) groups is 1. The molecule has 1 aromatic heterocycles. The van der Waals surface area contributed by atoms with Crippen molar-refractivity contribution in [1.82, 2.24) is 4.90 Å². The monoisotopic (exact) mass is 722 g/mol. The van der Waals surface area contributed by atoms with Crippen LogP contribution in [0.4, 0.5) is 5.69 Å². The molecule has 3 aromatic rings. The first kappa shape index (κ1) is 37.1. The minimum Gasteiger partial charge on any atom is -0.335 e. The quantitative estimate of drug-likeness (QED) is 0.178. The van der Waals surface area contributed by atoms with E-state index in [0.29, 0.717) is 23.0 Å². The standard InChI is InChI=1S/C24H25Cl2NO6S4.C6H15N/c1-14(36(28,29)30)3-6-18-19-11-16(25)4-7-21(19)34-23(18)13-24-27(10-9-15(2)37(31,32)33)20-12-17(26)5-8-22(20)35-24;1-4-7(5-2)6-3/h4-5,7-8,11-15H,3,6,9-10H2,1-2H3,(H,28,29,30)(H,31,32,33);4-6H2,1-3H3. The van der Waals surface area contributed by atoms with E-state index in [9.17, 15) is 25.9 Å². The van der Waals surface area contributed by atoms with Crippen molar-refractivity contribution in [2.45, 2.75) is 69.3 Å². The summed E-state index contributed by atoms with van der Waals surface area (Å²) in [6.45, 7) is 13.4. The van der Waals surface area contributed by atoms with Crippen LogP contribution in [0, 0.1) is 0 Å². The van der Waals surface area contributed by atoms with Gasteiger partial charge in [-0.15, -0.1) is 11.3 Å². The van der Waals surface area contributed by atoms with Gasteiger partial charge in [-0.2, -0.15) is 16.8 Å². The van der Waals surface area contributed by atoms with E-state index in [-0.39, 0.29) is 12.8 Å². The number of halogens is 2. The molecule has 0 radical (unpaired) electrons. The highest BCUT2D eigenvalue weighted by molar-refractivity contribution is 8.04. The molecule has 0 saturated carbocycles. The van der Waals surface area contributed by atoms with E-state index < -0.39 is 30.7 Å². The van der Waals surface area contributed by atoms with Crippen molar-refractivity contribution < 1.29 is 25.9 Å². The molecule has 2 aromatic carbocycles. The molecule has 2 unspecified atom stereocenters. The fraction of sp³-hybridized carbons (Fsp3) is 0.467. The lowest BCUT2D eigenvalue weighted by Crippen LogP contribution is -2.26. The predicted octanol–water partition coefficient (Wildman–Crippen LogP) is 8.34. The molecule has 0 saturated heterocycles. The number of benzene rings is 2. The second-order valence-electron chi connectivity index (χ2n) is 10.5. The van der Waals surface area contributed by atoms with Crippen LogP contribution in [0.25, 0.3) is 16.2 Å². The Bertz CT molecular complexity index is 1680. The van der Waals surface area contributed by atoms with Crippen molar-refractivity contribution in [3.05, 3.63) is 61.9 Å². The summed E-state index contributed by atoms with van der Waals surface area (Å²) < 4.78 is 66.3. The minimum atomic E-state index is -4.17. The Balaban J connectivity index is 0.000000676. The number of rotatable bonds is 12. The van der Waals surface area contributed by atoms with Gasteiger partial charge in [-0.05, 0) is 106 Å². The third-order valence-corrected chi connectivity index (χ3v) is 12.9. The lowest BCUT2D eigenvalue weighted by Gasteiger charge is -2.22. The van der Waals surface area contributed by atoms with Gasteiger partial charge >= 0.3 is 0 Å². The number of nitrogens with zero attached hydrogens (tertiary/aromatic N) is 2. The molecule has 0 fully saturated rings. The Labute approximate surface area is 279 Å². The molecule has 0 amide bonds. The van der Waals surface area contributed by atoms with Crippen LogP contribution in [0.15, 0.2) is 46.3 Å². The fourth-order valence-electron chi connectivity index (χ4n) is 4.67. The maximum Gasteiger partial charge on any atom is 0.267 e. The topological polar surface area (TPSA) is 115 Å². The van der Waals surface area contributed by atoms with Crippen LogP contribution in [-0.2, 0) is 26.7 Å². The van der Waals surface area contributed by atoms with Crippen LogP contribution < -0.4 is 4.90 Å². The number of aryl methyl sites for hydroxylation is 1. The van der Waals surface area contributed by atoms with Gasteiger partial charge in [0.05, 0.1) is 21.2 Å². The number of thiophene rings is 1. The zero-order valence-electron chi connectivity index (χ0n) is 25.5. The van der Waals surface area contributed by atoms with Gasteiger partial charge in [-0.25, -0.2) is 0 Å². The van der Waals surface area contributed by atoms with Gasteiger partial charge < -0.3 is 9.80 Å². The molecule has 0 spiro atoms. The summed E-state index contributed by atoms with van der Waals surface area (Å²) in [5.41, 5.74) is 1.77. The summed E-state index contributed by atoms with van der Waals surface area (Å²) >= 11 is 15.6. The Morgan fingerprint density at radius 1 is 0.886 bits per heavy atom. The van der Waals surface area contributed by atoms with E-state index in [1.807, 2.05) is 35.2 Å². The molecule has 8 nitrogen and oxygen atoms in total. The van der Waals surface area contributed by atoms with Crippen molar-refractivity contribution in [3.63, 3.8) is 0 Å². The molecule has 14 heteroatoms. The van der Waals surface area contributed by atoms with Crippen LogP contribution in [0.5, 0.6) is 0 Å². The van der Waals surface area contributed by atoms with Crippen molar-refractivity contribution in [2.24, 2.45) is 0 Å². The van der Waals surface area contributed by atoms with E-state index >= 15 is 0 Å². The normalized spacial score (nSPS) is 15.9. The maximum atomic E-state index is 11.6. The van der Waals surface area contributed by atoms with E-state index in [0.717, 1.165) is 36.1 Å². The average molecular weight is 724 g/mol. The first-order chi connectivity index (χ1) is 20.6. The van der Waals surface area contributed by atoms with Crippen molar-refractivity contribution in [2.75, 3.05) is 31.1 Å². The molecular formula is C30H40Cl2N2O6S4. The molecule has 4 rings (SSSR count). The van der Waals surface area contributed by atoms with E-state index in [1.54, 1.807) is 23.5 Å². The molecule has 0 aliphatic carbocycles. The number of anilines is 1. The van der Waals surface area contributed by atoms with E-state index in [4.69, 9.17) is 23.2 Å². The number of hydrogen-bond donors (Lipinski definition) is 2. The van der Waals surface area contributed by atoms with Crippen LogP contribution >= 0.6 is 46.3 Å². The SMILES string of the molecule is CC(CCc1c(C=C2Sc3ccc(Cl)cc3N2CCC(C)S(=O)(=O)O)sc2ccc(Cl)cc12)S(=O)(=O)O.CCN(CC)CC. The Morgan fingerprint density at radius 3 is 2.02 bits per heavy atom. The largest absolute Gasteiger partial charge is 0.335 e. The van der Waals surface area contributed by atoms with Crippen molar-refractivity contribution in [3.8, 4) is 0 Å². The van der Waals surface area contributed by atoms with Crippen LogP contribution in [0.2, 0.25) is 10.0 Å². The smallest absolute Gasteiger partial charge is 0.267 e. The third kappa shape index (κ3) is 9.83. The van der Waals surface area contributed by atoms with Crippen LogP contribution in [0.1, 0.15) is 57.9 Å². The van der Waals surface area contributed by atoms with Gasteiger partial charge in [0.1, 0.15) is 0 Å². The highest BCUT2D eigenvalue weighted by atomic mass is 35.5. The zero-order valence-corrected chi connectivity index (χ0v) is 30.2. The molecule has 44 heavy (non-hydrogen) atoms. The maximum absolute atomic E-state index is 11.6. The van der Waals surface area contributed by atoms with Gasteiger partial charge in [0.2, 0.25) is 0 Å². The molecule has 1 aliphatic heterocycles. The Hall–Kier alpha value is -1.35. The lowest BCUT2D eigenvalue weighted by molar-refractivity contribution is 0.321. The Morgan fingerprint density at radius 2 is 1.45 bits per heavy atom. The van der Waals surface area contributed by atoms with Gasteiger partial charge in [-0.3, -0.25) is 9.11 Å². The molecule has 2 atom stereocenters. The molecule has 1 aliphatic rings. The first-order valence-corrected chi connectivity index (χ1v) is 19.8. The summed E-state index contributed by atoms with van der Waals surface area (Å²) in [6.07, 6.45) is 2.84. The molecule has 2 heterocycles. The van der Waals surface area contributed by atoms with Crippen LogP contribution in [0.3, 0.4) is 0 Å². The summed E-state index contributed by atoms with van der Waals surface area (Å²) in [4.78, 5) is 6.23. The summed E-state index contributed by atoms with van der Waals surface area (Å²) in [6, 6.07) is 11.1. The highest BCUT2D eigenvalue weighted by Gasteiger charge is 2.28. The molecule has 2 N–H and O–H groups in total. The summed E-state index contributed by atoms with van der Waals surface area (Å²) in [7, 11) is -8.33. The first-order valence-electron chi connectivity index (χ1n) is 14.4. The molecule has 244 valence electrons. The highest BCUT2D eigenvalue weighted by Crippen LogP contribution is 2.49. The summed E-state index contributed by atoms with van der Waals surface area (Å²) in [5, 5.41) is 1.01. The molecule has 0 bridgehead atoms. The Kier molecular flexibility index (Phi) is 13.5. The number of fused-ring (bicyclic) bond motifs is 2. The molecular weight excluding hydrogens is 684 g/mol. The minimum absolute atomic E-state index is 0.198. The van der Waals surface area contributed by atoms with E-state index in [1.165, 1.54) is 45.2 Å². The van der Waals surface area contributed by atoms with Gasteiger partial charge in [-0.1, -0.05) is 55.7 Å². The van der Waals surface area contributed by atoms with E-state index in [2.05, 4.69) is 25.7 Å². The second-order valence-corrected chi connectivity index (χ2v) is 17.2. The predicted molar refractivity (Wildman–Crippen MR) is 188 cm³/mol. The van der Waals surface area contributed by atoms with Crippen molar-refractivity contribution >= 4 is 88.4 Å². The van der Waals surface area contributed by atoms with Crippen LogP contribution in [-0.4, -0.2) is 67.5 Å². The van der Waals surface area contributed by atoms with Crippen molar-refractivity contribution in [1.29, 1.82) is 0 Å². The number of hydrogen-bond acceptors (Lipinski definition) is 8. The second kappa shape index (κ2) is 16.0. The average Bonchev–Trinajstić information content (AvgIpc) is 3.46. The van der Waals surface area contributed by atoms with Gasteiger partial charge in [0.25, 0.3) is 20.2 Å². The van der Waals surface area contributed by atoms with Gasteiger partial charge in [0, 0.05) is 31.1 Å². The fourth-order valence-corrected chi connectivity index (χ4v) is 8.18. The van der Waals surface area contributed by atoms with Gasteiger partial charge in [0.15, 0.2) is 0 Å². The summed E-state index contributed by atoms with van der Waals surface area (Å²) in [5.74, 6) is 0. The third-order valence-electron chi connectivity index (χ3n) is 7.65. The lowest BCUT2D eigenvalue weighted by atomic mass is 10.0. The zero-order chi connectivity index (χ0) is 32.8.